The second-order valence-electron chi connectivity index (χ2n) is 7.13. The Morgan fingerprint density at radius 3 is 2.59 bits per heavy atom. The number of carbonyl (C=O) groups is 1. The number of aryl methyl sites for hydroxylation is 1. The van der Waals surface area contributed by atoms with Crippen LogP contribution in [-0.4, -0.2) is 20.6 Å². The Kier molecular flexibility index (Phi) is 5.40. The Bertz CT molecular complexity index is 1150. The fourth-order valence-corrected chi connectivity index (χ4v) is 3.76. The molecule has 0 amide bonds. The normalized spacial score (nSPS) is 11.1. The third kappa shape index (κ3) is 3.91. The van der Waals surface area contributed by atoms with E-state index in [0.717, 1.165) is 33.2 Å². The van der Waals surface area contributed by atoms with Gasteiger partial charge < -0.3 is 15.0 Å². The fourth-order valence-electron chi connectivity index (χ4n) is 3.76. The number of aromatic carboxylic acids is 1. The van der Waals surface area contributed by atoms with Crippen molar-refractivity contribution >= 4 is 16.9 Å². The molecular weight excluding hydrogens is 362 g/mol. The lowest BCUT2D eigenvalue weighted by atomic mass is 10.1. The second-order valence-corrected chi connectivity index (χ2v) is 7.13. The topological polar surface area (TPSA) is 67.2 Å². The van der Waals surface area contributed by atoms with Crippen LogP contribution in [0.3, 0.4) is 0 Å². The van der Waals surface area contributed by atoms with E-state index in [9.17, 15) is 9.90 Å². The molecule has 4 aromatic rings. The number of hydrogen-bond acceptors (Lipinski definition) is 3. The van der Waals surface area contributed by atoms with Crippen molar-refractivity contribution in [3.8, 4) is 0 Å². The minimum atomic E-state index is -0.909. The molecule has 0 aliphatic rings. The quantitative estimate of drug-likeness (QED) is 0.495. The van der Waals surface area contributed by atoms with Crippen molar-refractivity contribution in [3.05, 3.63) is 101 Å². The van der Waals surface area contributed by atoms with Gasteiger partial charge in [0.05, 0.1) is 0 Å². The van der Waals surface area contributed by atoms with Gasteiger partial charge in [-0.25, -0.2) is 4.79 Å². The minimum absolute atomic E-state index is 0.341. The van der Waals surface area contributed by atoms with Crippen LogP contribution in [0.5, 0.6) is 0 Å². The molecule has 0 bridgehead atoms. The third-order valence-electron chi connectivity index (χ3n) is 5.22. The summed E-state index contributed by atoms with van der Waals surface area (Å²) in [4.78, 5) is 16.4. The first-order valence-electron chi connectivity index (χ1n) is 9.62. The van der Waals surface area contributed by atoms with E-state index in [-0.39, 0.29) is 0 Å². The van der Waals surface area contributed by atoms with Gasteiger partial charge in [-0.15, -0.1) is 0 Å². The summed E-state index contributed by atoms with van der Waals surface area (Å²) in [6.45, 7) is 3.68. The number of pyridine rings is 1. The number of nitrogens with one attached hydrogen (secondary N) is 1. The van der Waals surface area contributed by atoms with Gasteiger partial charge in [-0.3, -0.25) is 4.98 Å². The maximum atomic E-state index is 12.3. The van der Waals surface area contributed by atoms with Gasteiger partial charge >= 0.3 is 5.97 Å². The van der Waals surface area contributed by atoms with Crippen LogP contribution in [-0.2, 0) is 19.6 Å². The Balaban J connectivity index is 1.72. The fraction of sp³-hybridized carbons (Fsp3) is 0.167. The summed E-state index contributed by atoms with van der Waals surface area (Å²) in [5, 5.41) is 14.4. The van der Waals surface area contributed by atoms with Gasteiger partial charge in [0.15, 0.2) is 0 Å². The summed E-state index contributed by atoms with van der Waals surface area (Å²) in [6, 6.07) is 19.9. The number of carboxylic acids is 1. The number of rotatable bonds is 7. The van der Waals surface area contributed by atoms with Crippen LogP contribution >= 0.6 is 0 Å². The summed E-state index contributed by atoms with van der Waals surface area (Å²) in [6.07, 6.45) is 3.55. The van der Waals surface area contributed by atoms with Crippen LogP contribution in [0.25, 0.3) is 10.9 Å². The molecule has 0 fully saturated rings. The predicted octanol–water partition coefficient (Wildman–Crippen LogP) is 4.38. The molecule has 0 aliphatic heterocycles. The van der Waals surface area contributed by atoms with Crippen molar-refractivity contribution in [1.82, 2.24) is 14.9 Å². The lowest BCUT2D eigenvalue weighted by Gasteiger charge is -2.12. The van der Waals surface area contributed by atoms with Crippen LogP contribution < -0.4 is 5.32 Å². The van der Waals surface area contributed by atoms with Crippen molar-refractivity contribution < 1.29 is 9.90 Å². The molecule has 0 unspecified atom stereocenters. The van der Waals surface area contributed by atoms with E-state index in [4.69, 9.17) is 0 Å². The lowest BCUT2D eigenvalue weighted by Crippen LogP contribution is -2.17. The van der Waals surface area contributed by atoms with E-state index in [1.807, 2.05) is 59.3 Å². The molecule has 0 spiro atoms. The second kappa shape index (κ2) is 8.29. The monoisotopic (exact) mass is 385 g/mol. The highest BCUT2D eigenvalue weighted by Crippen LogP contribution is 2.28. The number of carboxylic acid groups (broad SMARTS) is 1. The lowest BCUT2D eigenvalue weighted by molar-refractivity contribution is 0.0684. The molecule has 2 aromatic heterocycles. The Morgan fingerprint density at radius 2 is 1.83 bits per heavy atom. The molecule has 0 saturated carbocycles. The summed E-state index contributed by atoms with van der Waals surface area (Å²) in [5.41, 5.74) is 5.42. The van der Waals surface area contributed by atoms with Crippen LogP contribution in [0.1, 0.15) is 32.7 Å². The summed E-state index contributed by atoms with van der Waals surface area (Å²) in [5.74, 6) is -0.909. The molecule has 2 N–H and O–H groups in total. The maximum absolute atomic E-state index is 12.3. The number of benzene rings is 2. The van der Waals surface area contributed by atoms with E-state index in [1.54, 1.807) is 6.20 Å². The van der Waals surface area contributed by atoms with E-state index in [0.29, 0.717) is 25.3 Å². The number of para-hydroxylation sites is 1. The molecule has 4 rings (SSSR count). The van der Waals surface area contributed by atoms with Gasteiger partial charge in [0.1, 0.15) is 5.69 Å². The molecule has 5 nitrogen and oxygen atoms in total. The van der Waals surface area contributed by atoms with Crippen LogP contribution in [0, 0.1) is 6.92 Å². The highest BCUT2D eigenvalue weighted by molar-refractivity contribution is 5.98. The molecule has 2 heterocycles. The molecular formula is C24H23N3O2. The van der Waals surface area contributed by atoms with Gasteiger partial charge in [-0.1, -0.05) is 48.5 Å². The van der Waals surface area contributed by atoms with Gasteiger partial charge in [-0.05, 0) is 35.7 Å². The first kappa shape index (κ1) is 18.9. The van der Waals surface area contributed by atoms with Crippen LogP contribution in [0.2, 0.25) is 0 Å². The molecule has 0 aliphatic carbocycles. The van der Waals surface area contributed by atoms with E-state index in [1.165, 1.54) is 0 Å². The summed E-state index contributed by atoms with van der Waals surface area (Å²) < 4.78 is 1.92. The predicted molar refractivity (Wildman–Crippen MR) is 114 cm³/mol. The zero-order valence-corrected chi connectivity index (χ0v) is 16.3. The SMILES string of the molecule is Cc1ccccc1Cn1c(C(=O)O)c(CNCc2cccnc2)c2ccccc21. The van der Waals surface area contributed by atoms with Crippen molar-refractivity contribution in [1.29, 1.82) is 0 Å². The van der Waals surface area contributed by atoms with Crippen molar-refractivity contribution in [2.75, 3.05) is 0 Å². The van der Waals surface area contributed by atoms with E-state index < -0.39 is 5.97 Å². The first-order valence-corrected chi connectivity index (χ1v) is 9.62. The van der Waals surface area contributed by atoms with Crippen molar-refractivity contribution in [2.24, 2.45) is 0 Å². The van der Waals surface area contributed by atoms with Crippen molar-refractivity contribution in [3.63, 3.8) is 0 Å². The van der Waals surface area contributed by atoms with Gasteiger partial charge in [0.2, 0.25) is 0 Å². The van der Waals surface area contributed by atoms with Gasteiger partial charge in [0.25, 0.3) is 0 Å². The van der Waals surface area contributed by atoms with E-state index >= 15 is 0 Å². The Labute approximate surface area is 169 Å². The molecule has 146 valence electrons. The van der Waals surface area contributed by atoms with Crippen LogP contribution in [0.4, 0.5) is 0 Å². The number of hydrogen-bond donors (Lipinski definition) is 2. The third-order valence-corrected chi connectivity index (χ3v) is 5.22. The Hall–Kier alpha value is -3.44. The molecule has 29 heavy (non-hydrogen) atoms. The maximum Gasteiger partial charge on any atom is 0.352 e. The highest BCUT2D eigenvalue weighted by Gasteiger charge is 2.22. The molecule has 0 saturated heterocycles. The van der Waals surface area contributed by atoms with Crippen LogP contribution in [0.15, 0.2) is 73.1 Å². The highest BCUT2D eigenvalue weighted by atomic mass is 16.4. The number of fused-ring (bicyclic) bond motifs is 1. The van der Waals surface area contributed by atoms with E-state index in [2.05, 4.69) is 29.4 Å². The average Bonchev–Trinajstić information content (AvgIpc) is 3.04. The average molecular weight is 385 g/mol. The molecule has 0 atom stereocenters. The first-order chi connectivity index (χ1) is 14.1. The smallest absolute Gasteiger partial charge is 0.352 e. The zero-order valence-electron chi connectivity index (χ0n) is 16.3. The largest absolute Gasteiger partial charge is 0.477 e. The summed E-state index contributed by atoms with van der Waals surface area (Å²) >= 11 is 0. The molecule has 0 radical (unpaired) electrons. The molecule has 5 heteroatoms. The summed E-state index contributed by atoms with van der Waals surface area (Å²) in [7, 11) is 0. The minimum Gasteiger partial charge on any atom is -0.477 e. The number of nitrogens with zero attached hydrogens (tertiary/aromatic N) is 2. The number of aromatic nitrogens is 2. The van der Waals surface area contributed by atoms with Gasteiger partial charge in [0, 0.05) is 48.5 Å². The molecule has 2 aromatic carbocycles. The van der Waals surface area contributed by atoms with Crippen molar-refractivity contribution in [2.45, 2.75) is 26.6 Å². The van der Waals surface area contributed by atoms with Gasteiger partial charge in [-0.2, -0.15) is 0 Å². The zero-order chi connectivity index (χ0) is 20.2. The Morgan fingerprint density at radius 1 is 1.03 bits per heavy atom. The standard InChI is InChI=1S/C24H23N3O2/c1-17-7-2-3-9-19(17)16-27-22-11-5-4-10-20(22)21(23(27)24(28)29)15-26-14-18-8-6-12-25-13-18/h2-13,26H,14-16H2,1H3,(H,28,29).